The van der Waals surface area contributed by atoms with Crippen LogP contribution in [0.1, 0.15) is 6.42 Å². The van der Waals surface area contributed by atoms with Crippen molar-refractivity contribution in [2.75, 3.05) is 18.9 Å². The summed E-state index contributed by atoms with van der Waals surface area (Å²) >= 11 is 0. The second-order valence-electron chi connectivity index (χ2n) is 5.88. The first-order valence-corrected chi connectivity index (χ1v) is 7.82. The van der Waals surface area contributed by atoms with Gasteiger partial charge in [-0.25, -0.2) is 13.6 Å². The zero-order valence-electron chi connectivity index (χ0n) is 13.6. The third-order valence-electron chi connectivity index (χ3n) is 4.11. The number of halogens is 2. The summed E-state index contributed by atoms with van der Waals surface area (Å²) in [5.41, 5.74) is 0.653. The Labute approximate surface area is 143 Å². The number of likely N-dealkylation sites (N-methyl/N-ethyl adjacent to an activating group) is 1. The Bertz CT molecular complexity index is 811. The monoisotopic (exact) mass is 345 g/mol. The van der Waals surface area contributed by atoms with E-state index in [-0.39, 0.29) is 17.2 Å². The lowest BCUT2D eigenvalue weighted by atomic mass is 10.0. The van der Waals surface area contributed by atoms with Gasteiger partial charge in [0.15, 0.2) is 0 Å². The molecule has 3 amide bonds. The molecule has 2 aromatic rings. The fourth-order valence-corrected chi connectivity index (χ4v) is 2.81. The van der Waals surface area contributed by atoms with Gasteiger partial charge in [0.1, 0.15) is 17.7 Å². The highest BCUT2D eigenvalue weighted by atomic mass is 19.1. The van der Waals surface area contributed by atoms with Crippen molar-refractivity contribution < 1.29 is 18.4 Å². The number of nitrogens with one attached hydrogen (secondary N) is 2. The molecule has 130 valence electrons. The molecule has 1 aliphatic rings. The highest BCUT2D eigenvalue weighted by molar-refractivity contribution is 5.97. The number of likely N-dealkylation sites (tertiary alicyclic amines) is 1. The maximum atomic E-state index is 14.3. The molecule has 25 heavy (non-hydrogen) atoms. The Morgan fingerprint density at radius 2 is 1.92 bits per heavy atom. The summed E-state index contributed by atoms with van der Waals surface area (Å²) in [5, 5.41) is 4.93. The third-order valence-corrected chi connectivity index (χ3v) is 4.11. The highest BCUT2D eigenvalue weighted by Crippen LogP contribution is 2.31. The molecule has 0 saturated carbocycles. The molecule has 0 aromatic heterocycles. The van der Waals surface area contributed by atoms with Crippen molar-refractivity contribution in [3.8, 4) is 11.1 Å². The lowest BCUT2D eigenvalue weighted by Gasteiger charge is -2.16. The van der Waals surface area contributed by atoms with Gasteiger partial charge in [-0.05, 0) is 18.1 Å². The first-order chi connectivity index (χ1) is 12.0. The molecule has 5 nitrogen and oxygen atoms in total. The predicted molar refractivity (Wildman–Crippen MR) is 90.0 cm³/mol. The third kappa shape index (κ3) is 3.60. The smallest absolute Gasteiger partial charge is 0.319 e. The lowest BCUT2D eigenvalue weighted by molar-refractivity contribution is -0.128. The Kier molecular flexibility index (Phi) is 4.65. The minimum atomic E-state index is -0.885. The molecule has 7 heteroatoms. The summed E-state index contributed by atoms with van der Waals surface area (Å²) in [6, 6.07) is 9.12. The molecule has 0 radical (unpaired) electrons. The molecule has 1 heterocycles. The second kappa shape index (κ2) is 6.88. The average Bonchev–Trinajstić information content (AvgIpc) is 2.90. The number of amides is 3. The fourth-order valence-electron chi connectivity index (χ4n) is 2.81. The number of urea groups is 1. The van der Waals surface area contributed by atoms with Crippen LogP contribution in [0.2, 0.25) is 0 Å². The number of hydrogen-bond acceptors (Lipinski definition) is 2. The first-order valence-electron chi connectivity index (χ1n) is 7.82. The van der Waals surface area contributed by atoms with E-state index in [1.807, 2.05) is 0 Å². The summed E-state index contributed by atoms with van der Waals surface area (Å²) < 4.78 is 27.9. The summed E-state index contributed by atoms with van der Waals surface area (Å²) in [4.78, 5) is 25.6. The van der Waals surface area contributed by atoms with Crippen molar-refractivity contribution in [1.29, 1.82) is 0 Å². The van der Waals surface area contributed by atoms with Crippen molar-refractivity contribution in [3.63, 3.8) is 0 Å². The van der Waals surface area contributed by atoms with Crippen molar-refractivity contribution in [2.24, 2.45) is 0 Å². The molecular weight excluding hydrogens is 328 g/mol. The molecule has 1 fully saturated rings. The van der Waals surface area contributed by atoms with Crippen molar-refractivity contribution >= 4 is 17.6 Å². The topological polar surface area (TPSA) is 61.4 Å². The van der Waals surface area contributed by atoms with Gasteiger partial charge in [0.25, 0.3) is 0 Å². The number of rotatable bonds is 3. The molecule has 0 aliphatic carbocycles. The minimum Gasteiger partial charge on any atom is -0.344 e. The van der Waals surface area contributed by atoms with Crippen molar-refractivity contribution in [2.45, 2.75) is 12.5 Å². The van der Waals surface area contributed by atoms with Crippen LogP contribution in [0.15, 0.2) is 42.5 Å². The fraction of sp³-hybridized carbons (Fsp3) is 0.222. The normalized spacial score (nSPS) is 16.8. The van der Waals surface area contributed by atoms with Gasteiger partial charge in [-0.2, -0.15) is 0 Å². The van der Waals surface area contributed by atoms with E-state index in [1.165, 1.54) is 4.90 Å². The van der Waals surface area contributed by atoms with Gasteiger partial charge in [0, 0.05) is 25.2 Å². The zero-order chi connectivity index (χ0) is 18.0. The van der Waals surface area contributed by atoms with Crippen LogP contribution in [0, 0.1) is 11.6 Å². The molecule has 1 atom stereocenters. The predicted octanol–water partition coefficient (Wildman–Crippen LogP) is 2.98. The molecule has 0 spiro atoms. The molecule has 2 aromatic carbocycles. The average molecular weight is 345 g/mol. The Morgan fingerprint density at radius 3 is 2.56 bits per heavy atom. The Hall–Kier alpha value is -2.96. The summed E-state index contributed by atoms with van der Waals surface area (Å²) in [6.45, 7) is 0.546. The van der Waals surface area contributed by atoms with Crippen LogP contribution < -0.4 is 10.6 Å². The van der Waals surface area contributed by atoms with Gasteiger partial charge in [0.2, 0.25) is 5.91 Å². The molecule has 3 rings (SSSR count). The van der Waals surface area contributed by atoms with Crippen LogP contribution >= 0.6 is 0 Å². The summed E-state index contributed by atoms with van der Waals surface area (Å²) in [6.07, 6.45) is 0.486. The van der Waals surface area contributed by atoms with E-state index < -0.39 is 23.7 Å². The largest absolute Gasteiger partial charge is 0.344 e. The van der Waals surface area contributed by atoms with Crippen LogP contribution in [0.25, 0.3) is 11.1 Å². The number of hydrogen-bond donors (Lipinski definition) is 2. The van der Waals surface area contributed by atoms with Gasteiger partial charge in [-0.3, -0.25) is 4.79 Å². The molecule has 1 unspecified atom stereocenters. The number of benzene rings is 2. The number of anilines is 1. The van der Waals surface area contributed by atoms with Crippen LogP contribution in [0.3, 0.4) is 0 Å². The van der Waals surface area contributed by atoms with E-state index in [1.54, 1.807) is 37.4 Å². The SMILES string of the molecule is CN1CCC(NC(=O)Nc2c(F)cc(F)cc2-c2ccccc2)C1=O. The van der Waals surface area contributed by atoms with Gasteiger partial charge >= 0.3 is 6.03 Å². The zero-order valence-corrected chi connectivity index (χ0v) is 13.6. The highest BCUT2D eigenvalue weighted by Gasteiger charge is 2.30. The van der Waals surface area contributed by atoms with Crippen molar-refractivity contribution in [1.82, 2.24) is 10.2 Å². The molecular formula is C18H17F2N3O2. The van der Waals surface area contributed by atoms with Gasteiger partial charge in [-0.1, -0.05) is 30.3 Å². The van der Waals surface area contributed by atoms with Crippen LogP contribution in [0.4, 0.5) is 19.3 Å². The van der Waals surface area contributed by atoms with Gasteiger partial charge in [-0.15, -0.1) is 0 Å². The van der Waals surface area contributed by atoms with Crippen LogP contribution in [0.5, 0.6) is 0 Å². The maximum Gasteiger partial charge on any atom is 0.319 e. The van der Waals surface area contributed by atoms with E-state index >= 15 is 0 Å². The standard InChI is InChI=1S/C18H17F2N3O2/c1-23-8-7-15(17(23)24)21-18(25)22-16-13(9-12(19)10-14(16)20)11-5-3-2-4-6-11/h2-6,9-10,15H,7-8H2,1H3,(H2,21,22,25). The summed E-state index contributed by atoms with van der Waals surface area (Å²) in [7, 11) is 1.65. The molecule has 0 bridgehead atoms. The van der Waals surface area contributed by atoms with E-state index in [2.05, 4.69) is 10.6 Å². The number of carbonyl (C=O) groups excluding carboxylic acids is 2. The molecule has 2 N–H and O–H groups in total. The van der Waals surface area contributed by atoms with E-state index in [4.69, 9.17) is 0 Å². The van der Waals surface area contributed by atoms with Gasteiger partial charge < -0.3 is 15.5 Å². The second-order valence-corrected chi connectivity index (χ2v) is 5.88. The number of carbonyl (C=O) groups is 2. The Balaban J connectivity index is 1.85. The van der Waals surface area contributed by atoms with E-state index in [0.717, 1.165) is 6.07 Å². The molecule has 1 aliphatic heterocycles. The maximum absolute atomic E-state index is 14.3. The van der Waals surface area contributed by atoms with E-state index in [9.17, 15) is 18.4 Å². The number of nitrogens with zero attached hydrogens (tertiary/aromatic N) is 1. The van der Waals surface area contributed by atoms with Crippen molar-refractivity contribution in [3.05, 3.63) is 54.1 Å². The van der Waals surface area contributed by atoms with Crippen LogP contribution in [-0.4, -0.2) is 36.5 Å². The first kappa shape index (κ1) is 16.9. The van der Waals surface area contributed by atoms with Crippen LogP contribution in [-0.2, 0) is 4.79 Å². The quantitative estimate of drug-likeness (QED) is 0.898. The minimum absolute atomic E-state index is 0.135. The van der Waals surface area contributed by atoms with E-state index in [0.29, 0.717) is 24.6 Å². The van der Waals surface area contributed by atoms with Gasteiger partial charge in [0.05, 0.1) is 5.69 Å². The summed E-state index contributed by atoms with van der Waals surface area (Å²) in [5.74, 6) is -1.82. The molecule has 1 saturated heterocycles. The Morgan fingerprint density at radius 1 is 1.20 bits per heavy atom. The lowest BCUT2D eigenvalue weighted by Crippen LogP contribution is -2.42.